The van der Waals surface area contributed by atoms with Crippen molar-refractivity contribution in [3.8, 4) is 0 Å². The number of halogens is 1. The Bertz CT molecular complexity index is 492. The number of carbonyl (C=O) groups is 1. The second-order valence-electron chi connectivity index (χ2n) is 8.89. The fourth-order valence-corrected chi connectivity index (χ4v) is 5.96. The van der Waals surface area contributed by atoms with Crippen LogP contribution < -0.4 is 0 Å². The third-order valence-electron chi connectivity index (χ3n) is 6.46. The van der Waals surface area contributed by atoms with E-state index in [1.165, 1.54) is 5.57 Å². The van der Waals surface area contributed by atoms with Crippen LogP contribution in [0.4, 0.5) is 0 Å². The van der Waals surface area contributed by atoms with Gasteiger partial charge in [-0.25, -0.2) is 0 Å². The van der Waals surface area contributed by atoms with Gasteiger partial charge in [0.1, 0.15) is 0 Å². The topological polar surface area (TPSA) is 26.3 Å². The number of hydrogen-bond acceptors (Lipinski definition) is 2. The molecule has 126 valence electrons. The second kappa shape index (κ2) is 5.85. The van der Waals surface area contributed by atoms with Gasteiger partial charge in [-0.15, -0.1) is 0 Å². The molecule has 0 saturated heterocycles. The van der Waals surface area contributed by atoms with Crippen molar-refractivity contribution in [2.24, 2.45) is 11.3 Å². The molecule has 0 radical (unpaired) electrons. The van der Waals surface area contributed by atoms with Crippen LogP contribution in [0, 0.1) is 11.3 Å². The van der Waals surface area contributed by atoms with Crippen LogP contribution >= 0.6 is 15.9 Å². The van der Waals surface area contributed by atoms with Gasteiger partial charge >= 0.3 is 0 Å². The summed E-state index contributed by atoms with van der Waals surface area (Å²) in [6.45, 7) is 16.2. The maximum atomic E-state index is 11.8. The first-order valence-electron chi connectivity index (χ1n) is 8.45. The molecule has 1 fully saturated rings. The third-order valence-corrected chi connectivity index (χ3v) is 11.8. The lowest BCUT2D eigenvalue weighted by atomic mass is 9.59. The molecular formula is C18H31BrO2Si. The van der Waals surface area contributed by atoms with Gasteiger partial charge in [0.2, 0.25) is 0 Å². The molecule has 0 N–H and O–H groups in total. The number of rotatable bonds is 2. The van der Waals surface area contributed by atoms with Crippen LogP contribution in [-0.2, 0) is 9.22 Å². The van der Waals surface area contributed by atoms with E-state index in [-0.39, 0.29) is 27.2 Å². The second-order valence-corrected chi connectivity index (χ2v) is 14.8. The lowest BCUT2D eigenvalue weighted by Gasteiger charge is -2.52. The number of hydrogen-bond donors (Lipinski definition) is 0. The highest BCUT2D eigenvalue weighted by Gasteiger charge is 2.50. The van der Waals surface area contributed by atoms with Crippen molar-refractivity contribution in [3.63, 3.8) is 0 Å². The van der Waals surface area contributed by atoms with Crippen LogP contribution in [0.1, 0.15) is 53.9 Å². The molecule has 0 bridgehead atoms. The number of alkyl halides is 1. The van der Waals surface area contributed by atoms with Crippen molar-refractivity contribution in [2.75, 3.05) is 0 Å². The van der Waals surface area contributed by atoms with E-state index in [9.17, 15) is 4.79 Å². The molecule has 0 aromatic heterocycles. The van der Waals surface area contributed by atoms with Crippen molar-refractivity contribution >= 4 is 30.0 Å². The molecule has 0 aromatic carbocycles. The lowest BCUT2D eigenvalue weighted by Crippen LogP contribution is -2.53. The summed E-state index contributed by atoms with van der Waals surface area (Å²) in [5.74, 6) is 0.739. The summed E-state index contributed by atoms with van der Waals surface area (Å²) >= 11 is 3.83. The molecule has 0 aliphatic heterocycles. The maximum absolute atomic E-state index is 11.8. The number of carbonyl (C=O) groups excluding carboxylic acids is 1. The molecule has 0 spiro atoms. The van der Waals surface area contributed by atoms with Gasteiger partial charge in [0.15, 0.2) is 14.1 Å². The summed E-state index contributed by atoms with van der Waals surface area (Å²) in [5.41, 5.74) is 1.39. The maximum Gasteiger partial charge on any atom is 0.192 e. The molecule has 4 heteroatoms. The summed E-state index contributed by atoms with van der Waals surface area (Å²) in [5, 5.41) is 0.230. The number of ketones is 1. The summed E-state index contributed by atoms with van der Waals surface area (Å²) in [6, 6.07) is 0. The molecule has 2 nitrogen and oxygen atoms in total. The van der Waals surface area contributed by atoms with Gasteiger partial charge in [-0.2, -0.15) is 0 Å². The average Bonchev–Trinajstić information content (AvgIpc) is 2.37. The zero-order chi connectivity index (χ0) is 16.9. The molecule has 1 saturated carbocycles. The molecule has 0 aromatic rings. The van der Waals surface area contributed by atoms with Gasteiger partial charge in [0.25, 0.3) is 0 Å². The number of allylic oxidation sites excluding steroid dienone is 2. The third kappa shape index (κ3) is 3.16. The van der Waals surface area contributed by atoms with Gasteiger partial charge < -0.3 is 4.43 Å². The van der Waals surface area contributed by atoms with Crippen LogP contribution in [-0.4, -0.2) is 25.0 Å². The van der Waals surface area contributed by atoms with E-state index < -0.39 is 8.32 Å². The monoisotopic (exact) mass is 386 g/mol. The molecule has 4 atom stereocenters. The summed E-state index contributed by atoms with van der Waals surface area (Å²) in [6.07, 6.45) is 4.79. The summed E-state index contributed by atoms with van der Waals surface area (Å²) in [4.78, 5) is 12.1. The summed E-state index contributed by atoms with van der Waals surface area (Å²) in [7, 11) is -1.77. The molecule has 22 heavy (non-hydrogen) atoms. The Morgan fingerprint density at radius 3 is 2.50 bits per heavy atom. The summed E-state index contributed by atoms with van der Waals surface area (Å²) < 4.78 is 6.76. The Hall–Kier alpha value is 0.0669. The lowest BCUT2D eigenvalue weighted by molar-refractivity contribution is -0.116. The first-order chi connectivity index (χ1) is 9.88. The molecule has 0 amide bonds. The van der Waals surface area contributed by atoms with Gasteiger partial charge in [-0.1, -0.05) is 50.5 Å². The molecule has 2 aliphatic rings. The predicted molar refractivity (Wildman–Crippen MR) is 99.0 cm³/mol. The largest absolute Gasteiger partial charge is 0.414 e. The minimum atomic E-state index is -1.77. The van der Waals surface area contributed by atoms with Crippen molar-refractivity contribution in [2.45, 2.75) is 82.9 Å². The van der Waals surface area contributed by atoms with Crippen LogP contribution in [0.5, 0.6) is 0 Å². The Kier molecular flexibility index (Phi) is 4.90. The standard InChI is InChI=1S/C18H31BrO2Si/c1-12-16(21-22(6,7)17(2,3)4)11-15(19)14-10-13(20)8-9-18(12,14)5/h10,12,15-16H,8-9,11H2,1-7H3/t12-,15-,16-,18+/m0/s1. The fraction of sp³-hybridized carbons (Fsp3) is 0.833. The molecule has 0 unspecified atom stereocenters. The zero-order valence-electron chi connectivity index (χ0n) is 15.1. The average molecular weight is 387 g/mol. The quantitative estimate of drug-likeness (QED) is 0.464. The fourth-order valence-electron chi connectivity index (χ4n) is 3.53. The van der Waals surface area contributed by atoms with Crippen molar-refractivity contribution < 1.29 is 9.22 Å². The minimum absolute atomic E-state index is 0.0906. The van der Waals surface area contributed by atoms with E-state index in [0.29, 0.717) is 12.3 Å². The molecule has 2 rings (SSSR count). The Labute approximate surface area is 145 Å². The molecule has 0 heterocycles. The Morgan fingerprint density at radius 2 is 1.95 bits per heavy atom. The van der Waals surface area contributed by atoms with E-state index in [2.05, 4.69) is 63.6 Å². The van der Waals surface area contributed by atoms with Gasteiger partial charge in [0.05, 0.1) is 0 Å². The van der Waals surface area contributed by atoms with Crippen molar-refractivity contribution in [1.29, 1.82) is 0 Å². The van der Waals surface area contributed by atoms with E-state index in [1.54, 1.807) is 0 Å². The zero-order valence-corrected chi connectivity index (χ0v) is 17.7. The molecular weight excluding hydrogens is 356 g/mol. The first kappa shape index (κ1) is 18.4. The van der Waals surface area contributed by atoms with Crippen LogP contribution in [0.25, 0.3) is 0 Å². The number of fused-ring (bicyclic) bond motifs is 1. The van der Waals surface area contributed by atoms with E-state index in [1.807, 2.05) is 6.08 Å². The minimum Gasteiger partial charge on any atom is -0.414 e. The highest BCUT2D eigenvalue weighted by molar-refractivity contribution is 9.09. The highest BCUT2D eigenvalue weighted by atomic mass is 79.9. The van der Waals surface area contributed by atoms with E-state index >= 15 is 0 Å². The SMILES string of the molecule is C[C@H]1[C@@H](O[Si](C)(C)C(C)(C)C)C[C@H](Br)C2=CC(=O)CC[C@@]21C. The van der Waals surface area contributed by atoms with Crippen LogP contribution in [0.2, 0.25) is 18.1 Å². The van der Waals surface area contributed by atoms with E-state index in [4.69, 9.17) is 4.43 Å². The Balaban J connectivity index is 2.28. The van der Waals surface area contributed by atoms with Gasteiger partial charge in [-0.05, 0) is 54.0 Å². The normalized spacial score (nSPS) is 36.8. The van der Waals surface area contributed by atoms with Crippen LogP contribution in [0.3, 0.4) is 0 Å². The van der Waals surface area contributed by atoms with Gasteiger partial charge in [-0.3, -0.25) is 4.79 Å². The van der Waals surface area contributed by atoms with Crippen LogP contribution in [0.15, 0.2) is 11.6 Å². The first-order valence-corrected chi connectivity index (χ1v) is 12.3. The predicted octanol–water partition coefficient (Wildman–Crippen LogP) is 5.48. The van der Waals surface area contributed by atoms with Gasteiger partial charge in [0, 0.05) is 17.4 Å². The molecule has 2 aliphatic carbocycles. The highest BCUT2D eigenvalue weighted by Crippen LogP contribution is 2.54. The van der Waals surface area contributed by atoms with Crippen molar-refractivity contribution in [1.82, 2.24) is 0 Å². The van der Waals surface area contributed by atoms with E-state index in [0.717, 1.165) is 12.8 Å². The Morgan fingerprint density at radius 1 is 1.36 bits per heavy atom. The smallest absolute Gasteiger partial charge is 0.192 e. The van der Waals surface area contributed by atoms with Crippen molar-refractivity contribution in [3.05, 3.63) is 11.6 Å².